The van der Waals surface area contributed by atoms with Crippen LogP contribution in [0.5, 0.6) is 0 Å². The highest BCUT2D eigenvalue weighted by atomic mass is 14.8. The SMILES string of the molecule is CCNCc1cccc(-c2c(C)c(C)c(C)c(C)c2C)c1. The maximum Gasteiger partial charge on any atom is 0.0205 e. The second kappa shape index (κ2) is 6.44. The average molecular weight is 281 g/mol. The molecular formula is C20H27N. The highest BCUT2D eigenvalue weighted by Gasteiger charge is 2.13. The van der Waals surface area contributed by atoms with Crippen molar-refractivity contribution in [2.24, 2.45) is 0 Å². The van der Waals surface area contributed by atoms with E-state index >= 15 is 0 Å². The molecule has 1 nitrogen and oxygen atoms in total. The molecule has 0 amide bonds. The van der Waals surface area contributed by atoms with E-state index in [1.165, 1.54) is 44.5 Å². The van der Waals surface area contributed by atoms with Crippen LogP contribution in [0.25, 0.3) is 11.1 Å². The van der Waals surface area contributed by atoms with Crippen LogP contribution in [-0.4, -0.2) is 6.54 Å². The van der Waals surface area contributed by atoms with Gasteiger partial charge in [0.15, 0.2) is 0 Å². The van der Waals surface area contributed by atoms with E-state index < -0.39 is 0 Å². The van der Waals surface area contributed by atoms with Gasteiger partial charge in [0.1, 0.15) is 0 Å². The quantitative estimate of drug-likeness (QED) is 0.831. The van der Waals surface area contributed by atoms with Crippen molar-refractivity contribution < 1.29 is 0 Å². The molecule has 0 aliphatic carbocycles. The number of hydrogen-bond donors (Lipinski definition) is 1. The summed E-state index contributed by atoms with van der Waals surface area (Å²) in [6.07, 6.45) is 0. The lowest BCUT2D eigenvalue weighted by molar-refractivity contribution is 0.727. The largest absolute Gasteiger partial charge is 0.313 e. The minimum Gasteiger partial charge on any atom is -0.313 e. The Hall–Kier alpha value is -1.60. The third-order valence-corrected chi connectivity index (χ3v) is 4.79. The molecule has 1 N–H and O–H groups in total. The topological polar surface area (TPSA) is 12.0 Å². The van der Waals surface area contributed by atoms with Gasteiger partial charge in [-0.2, -0.15) is 0 Å². The summed E-state index contributed by atoms with van der Waals surface area (Å²) in [5.41, 5.74) is 11.2. The Morgan fingerprint density at radius 3 is 1.95 bits per heavy atom. The molecule has 1 heteroatoms. The van der Waals surface area contributed by atoms with Crippen LogP contribution in [0.1, 0.15) is 40.3 Å². The van der Waals surface area contributed by atoms with Crippen molar-refractivity contribution in [3.05, 3.63) is 57.6 Å². The molecule has 0 atom stereocenters. The third-order valence-electron chi connectivity index (χ3n) is 4.79. The Morgan fingerprint density at radius 1 is 0.810 bits per heavy atom. The zero-order valence-corrected chi connectivity index (χ0v) is 14.2. The number of benzene rings is 2. The number of hydrogen-bond acceptors (Lipinski definition) is 1. The van der Waals surface area contributed by atoms with Crippen molar-refractivity contribution in [1.29, 1.82) is 0 Å². The molecule has 0 aliphatic heterocycles. The van der Waals surface area contributed by atoms with E-state index in [0.29, 0.717) is 0 Å². The second-order valence-corrected chi connectivity index (χ2v) is 5.98. The number of rotatable bonds is 4. The van der Waals surface area contributed by atoms with Gasteiger partial charge in [-0.05, 0) is 91.7 Å². The average Bonchev–Trinajstić information content (AvgIpc) is 2.49. The lowest BCUT2D eigenvalue weighted by Gasteiger charge is -2.19. The zero-order valence-electron chi connectivity index (χ0n) is 14.2. The summed E-state index contributed by atoms with van der Waals surface area (Å²) in [7, 11) is 0. The summed E-state index contributed by atoms with van der Waals surface area (Å²) in [6, 6.07) is 8.93. The van der Waals surface area contributed by atoms with Gasteiger partial charge < -0.3 is 5.32 Å². The van der Waals surface area contributed by atoms with E-state index in [0.717, 1.165) is 13.1 Å². The van der Waals surface area contributed by atoms with Gasteiger partial charge in [-0.25, -0.2) is 0 Å². The Balaban J connectivity index is 2.57. The Labute approximate surface area is 129 Å². The van der Waals surface area contributed by atoms with Crippen LogP contribution < -0.4 is 5.32 Å². The zero-order chi connectivity index (χ0) is 15.6. The summed E-state index contributed by atoms with van der Waals surface area (Å²) >= 11 is 0. The first-order valence-electron chi connectivity index (χ1n) is 7.84. The molecule has 21 heavy (non-hydrogen) atoms. The van der Waals surface area contributed by atoms with Crippen molar-refractivity contribution >= 4 is 0 Å². The smallest absolute Gasteiger partial charge is 0.0205 e. The van der Waals surface area contributed by atoms with Gasteiger partial charge in [-0.15, -0.1) is 0 Å². The van der Waals surface area contributed by atoms with Crippen LogP contribution in [-0.2, 0) is 6.54 Å². The molecule has 0 fully saturated rings. The number of nitrogens with one attached hydrogen (secondary N) is 1. The standard InChI is InChI=1S/C20H27N/c1-7-21-12-18-9-8-10-19(11-18)20-16(5)14(3)13(2)15(4)17(20)6/h8-11,21H,7,12H2,1-6H3. The minimum atomic E-state index is 0.937. The van der Waals surface area contributed by atoms with Gasteiger partial charge in [0, 0.05) is 6.54 Å². The molecule has 0 unspecified atom stereocenters. The fourth-order valence-electron chi connectivity index (χ4n) is 3.04. The third kappa shape index (κ3) is 3.03. The minimum absolute atomic E-state index is 0.937. The van der Waals surface area contributed by atoms with Crippen molar-refractivity contribution in [1.82, 2.24) is 5.32 Å². The predicted molar refractivity (Wildman–Crippen MR) is 92.9 cm³/mol. The maximum absolute atomic E-state index is 3.40. The molecule has 0 aliphatic rings. The molecule has 0 saturated heterocycles. The van der Waals surface area contributed by atoms with Gasteiger partial charge in [-0.1, -0.05) is 25.1 Å². The van der Waals surface area contributed by atoms with Gasteiger partial charge in [0.25, 0.3) is 0 Å². The van der Waals surface area contributed by atoms with Crippen LogP contribution in [0, 0.1) is 34.6 Å². The van der Waals surface area contributed by atoms with E-state index in [-0.39, 0.29) is 0 Å². The first-order chi connectivity index (χ1) is 9.97. The lowest BCUT2D eigenvalue weighted by atomic mass is 9.86. The molecule has 0 spiro atoms. The molecule has 0 bridgehead atoms. The van der Waals surface area contributed by atoms with E-state index in [2.05, 4.69) is 71.1 Å². The first-order valence-corrected chi connectivity index (χ1v) is 7.84. The van der Waals surface area contributed by atoms with Crippen LogP contribution in [0.2, 0.25) is 0 Å². The first kappa shape index (κ1) is 15.8. The molecule has 0 saturated carbocycles. The van der Waals surface area contributed by atoms with Crippen LogP contribution in [0.3, 0.4) is 0 Å². The summed E-state index contributed by atoms with van der Waals surface area (Å²) in [5.74, 6) is 0. The predicted octanol–water partition coefficient (Wildman–Crippen LogP) is 5.01. The highest BCUT2D eigenvalue weighted by Crippen LogP contribution is 2.34. The summed E-state index contributed by atoms with van der Waals surface area (Å²) < 4.78 is 0. The van der Waals surface area contributed by atoms with Crippen LogP contribution >= 0.6 is 0 Å². The molecular weight excluding hydrogens is 254 g/mol. The second-order valence-electron chi connectivity index (χ2n) is 5.98. The van der Waals surface area contributed by atoms with Gasteiger partial charge in [0.05, 0.1) is 0 Å². The van der Waals surface area contributed by atoms with Gasteiger partial charge in [0.2, 0.25) is 0 Å². The molecule has 0 aromatic heterocycles. The van der Waals surface area contributed by atoms with Crippen molar-refractivity contribution in [2.45, 2.75) is 48.1 Å². The molecule has 2 rings (SSSR count). The lowest BCUT2D eigenvalue weighted by Crippen LogP contribution is -2.11. The molecule has 2 aromatic carbocycles. The van der Waals surface area contributed by atoms with E-state index in [4.69, 9.17) is 0 Å². The fraction of sp³-hybridized carbons (Fsp3) is 0.400. The van der Waals surface area contributed by atoms with Crippen molar-refractivity contribution in [3.8, 4) is 11.1 Å². The van der Waals surface area contributed by atoms with E-state index in [1.807, 2.05) is 0 Å². The monoisotopic (exact) mass is 281 g/mol. The maximum atomic E-state index is 3.40. The Morgan fingerprint density at radius 2 is 1.38 bits per heavy atom. The Kier molecular flexibility index (Phi) is 4.84. The van der Waals surface area contributed by atoms with Crippen molar-refractivity contribution in [2.75, 3.05) is 6.54 Å². The normalized spacial score (nSPS) is 11.0. The summed E-state index contributed by atoms with van der Waals surface area (Å²) in [6.45, 7) is 15.3. The molecule has 112 valence electrons. The van der Waals surface area contributed by atoms with Gasteiger partial charge >= 0.3 is 0 Å². The Bertz CT molecular complexity index is 624. The summed E-state index contributed by atoms with van der Waals surface area (Å²) in [4.78, 5) is 0. The van der Waals surface area contributed by atoms with Crippen molar-refractivity contribution in [3.63, 3.8) is 0 Å². The van der Waals surface area contributed by atoms with E-state index in [1.54, 1.807) is 0 Å². The fourth-order valence-corrected chi connectivity index (χ4v) is 3.04. The molecule has 0 radical (unpaired) electrons. The molecule has 0 heterocycles. The van der Waals surface area contributed by atoms with E-state index in [9.17, 15) is 0 Å². The highest BCUT2D eigenvalue weighted by molar-refractivity contribution is 5.75. The summed E-state index contributed by atoms with van der Waals surface area (Å²) in [5, 5.41) is 3.40. The molecule has 2 aromatic rings. The van der Waals surface area contributed by atoms with Crippen LogP contribution in [0.15, 0.2) is 24.3 Å². The van der Waals surface area contributed by atoms with Gasteiger partial charge in [-0.3, -0.25) is 0 Å². The van der Waals surface area contributed by atoms with Crippen LogP contribution in [0.4, 0.5) is 0 Å².